The third-order valence-electron chi connectivity index (χ3n) is 2.97. The molecule has 0 aliphatic carbocycles. The van der Waals surface area contributed by atoms with Crippen LogP contribution in [0.25, 0.3) is 0 Å². The van der Waals surface area contributed by atoms with E-state index in [2.05, 4.69) is 0 Å². The Labute approximate surface area is 124 Å². The number of nitrogens with zero attached hydrogens (tertiary/aromatic N) is 1. The van der Waals surface area contributed by atoms with Crippen molar-refractivity contribution < 1.29 is 14.3 Å². The number of hydrogen-bond donors (Lipinski definition) is 1. The standard InChI is InChI=1S/C14H20N2O3S/c1-10(8-18-3)16(2)13(17)9-19-12-7-5-4-6-11(12)14(15)20/h4-7,10H,8-9H2,1-3H3,(H2,15,20). The number of carbonyl (C=O) groups is 1. The van der Waals surface area contributed by atoms with Crippen molar-refractivity contribution in [1.29, 1.82) is 0 Å². The van der Waals surface area contributed by atoms with Gasteiger partial charge in [0.15, 0.2) is 6.61 Å². The number of hydrogen-bond acceptors (Lipinski definition) is 4. The maximum atomic E-state index is 12.0. The number of amides is 1. The largest absolute Gasteiger partial charge is 0.483 e. The minimum absolute atomic E-state index is 0.0121. The van der Waals surface area contributed by atoms with Gasteiger partial charge in [-0.05, 0) is 19.1 Å². The highest BCUT2D eigenvalue weighted by Gasteiger charge is 2.16. The molecular formula is C14H20N2O3S. The number of likely N-dealkylation sites (N-methyl/N-ethyl adjacent to an activating group) is 1. The molecule has 1 atom stereocenters. The van der Waals surface area contributed by atoms with Crippen LogP contribution in [0.3, 0.4) is 0 Å². The Morgan fingerprint density at radius 2 is 2.10 bits per heavy atom. The summed E-state index contributed by atoms with van der Waals surface area (Å²) in [5, 5.41) is 0. The van der Waals surface area contributed by atoms with E-state index in [9.17, 15) is 4.79 Å². The van der Waals surface area contributed by atoms with Crippen LogP contribution < -0.4 is 10.5 Å². The first-order chi connectivity index (χ1) is 9.47. The van der Waals surface area contributed by atoms with Crippen molar-refractivity contribution in [3.63, 3.8) is 0 Å². The Bertz CT molecular complexity index is 479. The SMILES string of the molecule is COCC(C)N(C)C(=O)COc1ccccc1C(N)=S. The topological polar surface area (TPSA) is 64.8 Å². The van der Waals surface area contributed by atoms with Gasteiger partial charge in [0, 0.05) is 14.2 Å². The molecular weight excluding hydrogens is 276 g/mol. The van der Waals surface area contributed by atoms with E-state index in [1.54, 1.807) is 37.3 Å². The van der Waals surface area contributed by atoms with E-state index in [1.807, 2.05) is 13.0 Å². The maximum absolute atomic E-state index is 12.0. The average Bonchev–Trinajstić information content (AvgIpc) is 2.44. The molecule has 5 nitrogen and oxygen atoms in total. The molecule has 0 spiro atoms. The van der Waals surface area contributed by atoms with Gasteiger partial charge in [-0.3, -0.25) is 4.79 Å². The molecule has 0 aromatic heterocycles. The van der Waals surface area contributed by atoms with E-state index in [4.69, 9.17) is 27.4 Å². The lowest BCUT2D eigenvalue weighted by Crippen LogP contribution is -2.40. The van der Waals surface area contributed by atoms with Crippen molar-refractivity contribution in [2.75, 3.05) is 27.4 Å². The van der Waals surface area contributed by atoms with Crippen LogP contribution in [0.4, 0.5) is 0 Å². The number of rotatable bonds is 7. The number of ether oxygens (including phenoxy) is 2. The Morgan fingerprint density at radius 3 is 2.70 bits per heavy atom. The minimum atomic E-state index is -0.132. The van der Waals surface area contributed by atoms with Crippen molar-refractivity contribution in [1.82, 2.24) is 4.90 Å². The summed E-state index contributed by atoms with van der Waals surface area (Å²) in [7, 11) is 3.32. The van der Waals surface area contributed by atoms with Crippen LogP contribution in [-0.4, -0.2) is 49.2 Å². The summed E-state index contributed by atoms with van der Waals surface area (Å²) >= 11 is 4.94. The fourth-order valence-electron chi connectivity index (χ4n) is 1.64. The van der Waals surface area contributed by atoms with E-state index in [0.717, 1.165) is 0 Å². The molecule has 0 fully saturated rings. The molecule has 2 N–H and O–H groups in total. The predicted octanol–water partition coefficient (Wildman–Crippen LogP) is 1.19. The number of carbonyl (C=O) groups excluding carboxylic acids is 1. The van der Waals surface area contributed by atoms with Gasteiger partial charge in [-0.1, -0.05) is 24.4 Å². The summed E-state index contributed by atoms with van der Waals surface area (Å²) in [5.74, 6) is 0.383. The first kappa shape index (κ1) is 16.4. The van der Waals surface area contributed by atoms with E-state index in [0.29, 0.717) is 17.9 Å². The summed E-state index contributed by atoms with van der Waals surface area (Å²) in [5.41, 5.74) is 6.24. The smallest absolute Gasteiger partial charge is 0.260 e. The minimum Gasteiger partial charge on any atom is -0.483 e. The second-order valence-corrected chi connectivity index (χ2v) is 4.90. The van der Waals surface area contributed by atoms with Gasteiger partial charge in [0.2, 0.25) is 0 Å². The summed E-state index contributed by atoms with van der Waals surface area (Å²) in [6.45, 7) is 2.32. The van der Waals surface area contributed by atoms with Crippen molar-refractivity contribution in [2.24, 2.45) is 5.73 Å². The van der Waals surface area contributed by atoms with Crippen molar-refractivity contribution in [2.45, 2.75) is 13.0 Å². The summed E-state index contributed by atoms with van der Waals surface area (Å²) in [4.78, 5) is 13.8. The molecule has 1 rings (SSSR count). The van der Waals surface area contributed by atoms with Gasteiger partial charge in [0.05, 0.1) is 18.2 Å². The molecule has 0 saturated carbocycles. The van der Waals surface area contributed by atoms with Crippen molar-refractivity contribution >= 4 is 23.1 Å². The number of para-hydroxylation sites is 1. The molecule has 1 aromatic carbocycles. The average molecular weight is 296 g/mol. The van der Waals surface area contributed by atoms with Gasteiger partial charge < -0.3 is 20.1 Å². The monoisotopic (exact) mass is 296 g/mol. The Morgan fingerprint density at radius 1 is 1.45 bits per heavy atom. The van der Waals surface area contributed by atoms with Crippen molar-refractivity contribution in [3.8, 4) is 5.75 Å². The molecule has 0 radical (unpaired) electrons. The van der Waals surface area contributed by atoms with Crippen LogP contribution >= 0.6 is 12.2 Å². The molecule has 0 aliphatic heterocycles. The second kappa shape index (κ2) is 7.81. The third kappa shape index (κ3) is 4.47. The molecule has 1 unspecified atom stereocenters. The maximum Gasteiger partial charge on any atom is 0.260 e. The Balaban J connectivity index is 2.63. The number of methoxy groups -OCH3 is 1. The van der Waals surface area contributed by atoms with E-state index < -0.39 is 0 Å². The second-order valence-electron chi connectivity index (χ2n) is 4.46. The molecule has 0 bridgehead atoms. The lowest BCUT2D eigenvalue weighted by molar-refractivity contribution is -0.134. The van der Waals surface area contributed by atoms with Crippen LogP contribution in [-0.2, 0) is 9.53 Å². The zero-order valence-electron chi connectivity index (χ0n) is 12.0. The third-order valence-corrected chi connectivity index (χ3v) is 3.19. The Kier molecular flexibility index (Phi) is 6.41. The van der Waals surface area contributed by atoms with Gasteiger partial charge in [-0.25, -0.2) is 0 Å². The zero-order chi connectivity index (χ0) is 15.1. The first-order valence-electron chi connectivity index (χ1n) is 6.23. The van der Waals surface area contributed by atoms with E-state index in [-0.39, 0.29) is 23.5 Å². The highest BCUT2D eigenvalue weighted by Crippen LogP contribution is 2.17. The summed E-state index contributed by atoms with van der Waals surface area (Å²) < 4.78 is 10.5. The van der Waals surface area contributed by atoms with Gasteiger partial charge in [-0.2, -0.15) is 0 Å². The number of benzene rings is 1. The van der Waals surface area contributed by atoms with Crippen LogP contribution in [0.15, 0.2) is 24.3 Å². The highest BCUT2D eigenvalue weighted by atomic mass is 32.1. The van der Waals surface area contributed by atoms with E-state index >= 15 is 0 Å². The zero-order valence-corrected chi connectivity index (χ0v) is 12.8. The summed E-state index contributed by atoms with van der Waals surface area (Å²) in [6.07, 6.45) is 0. The van der Waals surface area contributed by atoms with Crippen LogP contribution in [0.2, 0.25) is 0 Å². The molecule has 20 heavy (non-hydrogen) atoms. The van der Waals surface area contributed by atoms with Gasteiger partial charge in [0.25, 0.3) is 5.91 Å². The molecule has 110 valence electrons. The molecule has 6 heteroatoms. The van der Waals surface area contributed by atoms with Gasteiger partial charge >= 0.3 is 0 Å². The van der Waals surface area contributed by atoms with Crippen LogP contribution in [0.5, 0.6) is 5.75 Å². The van der Waals surface area contributed by atoms with Crippen LogP contribution in [0, 0.1) is 0 Å². The quantitative estimate of drug-likeness (QED) is 0.766. The molecule has 0 saturated heterocycles. The number of nitrogens with two attached hydrogens (primary N) is 1. The van der Waals surface area contributed by atoms with Crippen molar-refractivity contribution in [3.05, 3.63) is 29.8 Å². The fourth-order valence-corrected chi connectivity index (χ4v) is 1.80. The molecule has 1 aromatic rings. The summed E-state index contributed by atoms with van der Waals surface area (Å²) in [6, 6.07) is 7.11. The lowest BCUT2D eigenvalue weighted by Gasteiger charge is -2.24. The molecule has 0 heterocycles. The fraction of sp³-hybridized carbons (Fsp3) is 0.429. The number of thiocarbonyl (C=S) groups is 1. The van der Waals surface area contributed by atoms with E-state index in [1.165, 1.54) is 0 Å². The molecule has 0 aliphatic rings. The Hall–Kier alpha value is -1.66. The highest BCUT2D eigenvalue weighted by molar-refractivity contribution is 7.80. The van der Waals surface area contributed by atoms with Gasteiger partial charge in [-0.15, -0.1) is 0 Å². The lowest BCUT2D eigenvalue weighted by atomic mass is 10.2. The molecule has 1 amide bonds. The first-order valence-corrected chi connectivity index (χ1v) is 6.64. The van der Waals surface area contributed by atoms with Crippen LogP contribution in [0.1, 0.15) is 12.5 Å². The predicted molar refractivity (Wildman–Crippen MR) is 81.9 cm³/mol. The normalized spacial score (nSPS) is 11.8. The van der Waals surface area contributed by atoms with Gasteiger partial charge in [0.1, 0.15) is 10.7 Å².